The van der Waals surface area contributed by atoms with E-state index in [4.69, 9.17) is 14.1 Å². The van der Waals surface area contributed by atoms with E-state index in [-0.39, 0.29) is 0 Å². The van der Waals surface area contributed by atoms with Crippen molar-refractivity contribution in [2.45, 2.75) is 0 Å². The van der Waals surface area contributed by atoms with Crippen molar-refractivity contribution in [3.05, 3.63) is 0 Å². The van der Waals surface area contributed by atoms with Gasteiger partial charge in [0.2, 0.25) is 0 Å². The van der Waals surface area contributed by atoms with Gasteiger partial charge in [-0.2, -0.15) is 0 Å². The van der Waals surface area contributed by atoms with Gasteiger partial charge >= 0.3 is 21.8 Å². The molecule has 0 aromatic carbocycles. The molecule has 0 radical (unpaired) electrons. The molecule has 0 unspecified atom stereocenters. The Labute approximate surface area is 33.1 Å². The normalized spacial score (nSPS) is 2.75. The molecule has 3 nitrogen and oxygen atoms in total. The van der Waals surface area contributed by atoms with E-state index in [0.717, 1.165) is 18.3 Å². The summed E-state index contributed by atoms with van der Waals surface area (Å²) >= 11 is 1.10. The standard InChI is InChI=1S/H2O2.O.Ru/c1-2;;/h1-2H;;. The van der Waals surface area contributed by atoms with E-state index in [1.165, 1.54) is 0 Å². The Morgan fingerprint density at radius 2 is 1.25 bits per heavy atom. The molecule has 4 heteroatoms. The van der Waals surface area contributed by atoms with E-state index >= 15 is 0 Å². The second-order valence-electron chi connectivity index (χ2n) is 0. The molecule has 0 aliphatic heterocycles. The predicted octanol–water partition coefficient (Wildman–Crippen LogP) is -0.104. The SMILES string of the molecule is OO.[O]=[Ru]. The average molecular weight is 151 g/mol. The number of hydrogen-bond donors (Lipinski definition) is 2. The van der Waals surface area contributed by atoms with Crippen LogP contribution in [0.25, 0.3) is 0 Å². The molecule has 4 heavy (non-hydrogen) atoms. The van der Waals surface area contributed by atoms with E-state index in [9.17, 15) is 0 Å². The van der Waals surface area contributed by atoms with Crippen LogP contribution in [0.1, 0.15) is 0 Å². The van der Waals surface area contributed by atoms with E-state index in [2.05, 4.69) is 0 Å². The van der Waals surface area contributed by atoms with E-state index in [1.54, 1.807) is 0 Å². The molecule has 0 heterocycles. The maximum absolute atomic E-state index is 8.18. The van der Waals surface area contributed by atoms with E-state index in [1.807, 2.05) is 0 Å². The Bertz CT molecular complexity index is 3.25. The average Bonchev–Trinajstić information content (AvgIpc) is 1.50. The summed E-state index contributed by atoms with van der Waals surface area (Å²) in [4.78, 5) is 0. The summed E-state index contributed by atoms with van der Waals surface area (Å²) in [6.45, 7) is 0. The van der Waals surface area contributed by atoms with Gasteiger partial charge in [0.05, 0.1) is 0 Å². The maximum atomic E-state index is 8.18. The first kappa shape index (κ1) is 8.84. The van der Waals surface area contributed by atoms with Crippen LogP contribution in [0.2, 0.25) is 0 Å². The molecule has 0 aliphatic carbocycles. The molecule has 0 atom stereocenters. The van der Waals surface area contributed by atoms with Crippen LogP contribution in [0.4, 0.5) is 0 Å². The van der Waals surface area contributed by atoms with Crippen LogP contribution in [-0.2, 0) is 21.8 Å². The predicted molar refractivity (Wildman–Crippen MR) is 5.94 cm³/mol. The van der Waals surface area contributed by atoms with E-state index in [0.29, 0.717) is 0 Å². The number of rotatable bonds is 0. The van der Waals surface area contributed by atoms with Gasteiger partial charge in [0.15, 0.2) is 0 Å². The van der Waals surface area contributed by atoms with Crippen molar-refractivity contribution in [3.8, 4) is 0 Å². The molecule has 0 bridgehead atoms. The number of hydrogen-bond acceptors (Lipinski definition) is 3. The summed E-state index contributed by atoms with van der Waals surface area (Å²) in [6, 6.07) is 0. The van der Waals surface area contributed by atoms with E-state index < -0.39 is 0 Å². The van der Waals surface area contributed by atoms with Gasteiger partial charge in [0, 0.05) is 0 Å². The van der Waals surface area contributed by atoms with Gasteiger partial charge < -0.3 is 0 Å². The first-order valence-electron chi connectivity index (χ1n) is 0.344. The molecular formula is H2O3Ru. The molecule has 0 spiro atoms. The molecule has 0 aromatic heterocycles. The van der Waals surface area contributed by atoms with Gasteiger partial charge in [0.1, 0.15) is 0 Å². The van der Waals surface area contributed by atoms with Gasteiger partial charge in [-0.15, -0.1) is 0 Å². The van der Waals surface area contributed by atoms with Crippen molar-refractivity contribution < 1.29 is 32.3 Å². The van der Waals surface area contributed by atoms with Crippen LogP contribution in [0.15, 0.2) is 0 Å². The first-order valence-corrected chi connectivity index (χ1v) is 1.05. The monoisotopic (exact) mass is 152 g/mol. The Balaban J connectivity index is 0. The Kier molecular flexibility index (Phi) is 344. The van der Waals surface area contributed by atoms with Gasteiger partial charge in [-0.05, 0) is 0 Å². The summed E-state index contributed by atoms with van der Waals surface area (Å²) in [5.74, 6) is 0. The third-order valence-corrected chi connectivity index (χ3v) is 0. The molecule has 2 N–H and O–H groups in total. The Morgan fingerprint density at radius 3 is 1.25 bits per heavy atom. The fraction of sp³-hybridized carbons (Fsp3) is 0. The summed E-state index contributed by atoms with van der Waals surface area (Å²) < 4.78 is 8.18. The van der Waals surface area contributed by atoms with Crippen LogP contribution >= 0.6 is 0 Å². The molecule has 0 aromatic rings. The second kappa shape index (κ2) is 156. The summed E-state index contributed by atoms with van der Waals surface area (Å²) in [7, 11) is 0. The quantitative estimate of drug-likeness (QED) is 0.288. The van der Waals surface area contributed by atoms with Crippen molar-refractivity contribution in [1.29, 1.82) is 0 Å². The zero-order chi connectivity index (χ0) is 4.00. The molecule has 28 valence electrons. The third kappa shape index (κ3) is 35.9. The Morgan fingerprint density at radius 1 is 1.25 bits per heavy atom. The Hall–Kier alpha value is 0.343. The zero-order valence-corrected chi connectivity index (χ0v) is 3.39. The van der Waals surface area contributed by atoms with Crippen molar-refractivity contribution in [2.24, 2.45) is 0 Å². The molecule has 0 fully saturated rings. The van der Waals surface area contributed by atoms with Crippen molar-refractivity contribution >= 4 is 0 Å². The minimum atomic E-state index is 1.10. The molecule has 0 aliphatic rings. The van der Waals surface area contributed by atoms with Crippen molar-refractivity contribution in [3.63, 3.8) is 0 Å². The van der Waals surface area contributed by atoms with Gasteiger partial charge in [-0.1, -0.05) is 0 Å². The fourth-order valence-electron chi connectivity index (χ4n) is 0. The van der Waals surface area contributed by atoms with Gasteiger partial charge in [0.25, 0.3) is 0 Å². The molecule has 0 amide bonds. The fourth-order valence-corrected chi connectivity index (χ4v) is 0. The summed E-state index contributed by atoms with van der Waals surface area (Å²) in [5, 5.41) is 12.0. The van der Waals surface area contributed by atoms with Crippen LogP contribution in [-0.4, -0.2) is 10.5 Å². The van der Waals surface area contributed by atoms with Crippen LogP contribution in [0.5, 0.6) is 0 Å². The zero-order valence-electron chi connectivity index (χ0n) is 1.66. The first-order chi connectivity index (χ1) is 2.00. The molecule has 0 saturated carbocycles. The second-order valence-corrected chi connectivity index (χ2v) is 0. The van der Waals surface area contributed by atoms with Crippen LogP contribution < -0.4 is 0 Å². The van der Waals surface area contributed by atoms with Crippen molar-refractivity contribution in [2.75, 3.05) is 0 Å². The third-order valence-electron chi connectivity index (χ3n) is 0. The topological polar surface area (TPSA) is 57.5 Å². The van der Waals surface area contributed by atoms with Gasteiger partial charge in [-0.25, -0.2) is 0 Å². The van der Waals surface area contributed by atoms with Gasteiger partial charge in [-0.3, -0.25) is 10.5 Å². The minimum absolute atomic E-state index is 1.10. The molecule has 0 saturated heterocycles. The summed E-state index contributed by atoms with van der Waals surface area (Å²) in [6.07, 6.45) is 0. The molecule has 0 rings (SSSR count). The van der Waals surface area contributed by atoms with Crippen molar-refractivity contribution in [1.82, 2.24) is 0 Å². The molecular weight excluding hydrogens is 149 g/mol. The summed E-state index contributed by atoms with van der Waals surface area (Å²) in [5.41, 5.74) is 0. The van der Waals surface area contributed by atoms with Crippen LogP contribution in [0.3, 0.4) is 0 Å². The van der Waals surface area contributed by atoms with Crippen LogP contribution in [0, 0.1) is 0 Å².